The molecule has 0 aliphatic rings. The van der Waals surface area contributed by atoms with E-state index in [0.29, 0.717) is 0 Å². The van der Waals surface area contributed by atoms with Crippen molar-refractivity contribution in [2.75, 3.05) is 14.1 Å². The van der Waals surface area contributed by atoms with Crippen LogP contribution in [-0.4, -0.2) is 37.1 Å². The third-order valence-corrected chi connectivity index (χ3v) is 2.01. The molecule has 2 unspecified atom stereocenters. The average molecular weight is 173 g/mol. The lowest BCUT2D eigenvalue weighted by molar-refractivity contribution is -0.153. The van der Waals surface area contributed by atoms with Crippen molar-refractivity contribution in [3.63, 3.8) is 0 Å². The van der Waals surface area contributed by atoms with Crippen LogP contribution in [0.25, 0.3) is 0 Å². The summed E-state index contributed by atoms with van der Waals surface area (Å²) in [6, 6.07) is -0.154. The molecule has 0 amide bonds. The van der Waals surface area contributed by atoms with Crippen LogP contribution < -0.4 is 0 Å². The van der Waals surface area contributed by atoms with E-state index in [1.165, 1.54) is 0 Å². The fourth-order valence-corrected chi connectivity index (χ4v) is 0.591. The summed E-state index contributed by atoms with van der Waals surface area (Å²) < 4.78 is 5.14. The van der Waals surface area contributed by atoms with E-state index in [4.69, 9.17) is 4.74 Å². The molecule has 2 atom stereocenters. The summed E-state index contributed by atoms with van der Waals surface area (Å²) in [5.41, 5.74) is 0. The molecular formula is C9H19NO2. The van der Waals surface area contributed by atoms with E-state index in [9.17, 15) is 4.79 Å². The molecule has 3 nitrogen and oxygen atoms in total. The van der Waals surface area contributed by atoms with Crippen molar-refractivity contribution in [3.05, 3.63) is 0 Å². The van der Waals surface area contributed by atoms with Gasteiger partial charge in [0.2, 0.25) is 0 Å². The number of nitrogens with zero attached hydrogens (tertiary/aromatic N) is 1. The molecule has 0 N–H and O–H groups in total. The minimum absolute atomic E-state index is 0.0277. The molecule has 0 aromatic carbocycles. The summed E-state index contributed by atoms with van der Waals surface area (Å²) in [5, 5.41) is 0. The number of esters is 1. The van der Waals surface area contributed by atoms with Crippen LogP contribution in [0.2, 0.25) is 0 Å². The molecule has 0 aliphatic carbocycles. The van der Waals surface area contributed by atoms with E-state index in [0.717, 1.165) is 6.42 Å². The Morgan fingerprint density at radius 1 is 1.42 bits per heavy atom. The third-order valence-electron chi connectivity index (χ3n) is 2.01. The van der Waals surface area contributed by atoms with Crippen molar-refractivity contribution in [1.82, 2.24) is 4.90 Å². The summed E-state index contributed by atoms with van der Waals surface area (Å²) in [7, 11) is 3.73. The van der Waals surface area contributed by atoms with Crippen LogP contribution in [0.5, 0.6) is 0 Å². The molecule has 0 fully saturated rings. The Morgan fingerprint density at radius 3 is 2.25 bits per heavy atom. The molecular weight excluding hydrogens is 154 g/mol. The second kappa shape index (κ2) is 5.14. The minimum atomic E-state index is -0.154. The minimum Gasteiger partial charge on any atom is -0.462 e. The van der Waals surface area contributed by atoms with E-state index in [-0.39, 0.29) is 18.1 Å². The molecule has 12 heavy (non-hydrogen) atoms. The fraction of sp³-hybridized carbons (Fsp3) is 0.889. The van der Waals surface area contributed by atoms with Crippen molar-refractivity contribution in [1.29, 1.82) is 0 Å². The summed E-state index contributed by atoms with van der Waals surface area (Å²) in [4.78, 5) is 13.1. The molecule has 0 spiro atoms. The second-order valence-corrected chi connectivity index (χ2v) is 3.30. The molecule has 0 rings (SSSR count). The average Bonchev–Trinajstić information content (AvgIpc) is 2.02. The van der Waals surface area contributed by atoms with Crippen LogP contribution in [0.4, 0.5) is 0 Å². The predicted octanol–water partition coefficient (Wildman–Crippen LogP) is 1.28. The first-order valence-corrected chi connectivity index (χ1v) is 4.36. The van der Waals surface area contributed by atoms with E-state index in [2.05, 4.69) is 0 Å². The fourth-order valence-electron chi connectivity index (χ4n) is 0.591. The van der Waals surface area contributed by atoms with E-state index >= 15 is 0 Å². The highest BCUT2D eigenvalue weighted by atomic mass is 16.5. The van der Waals surface area contributed by atoms with Crippen molar-refractivity contribution >= 4 is 5.97 Å². The van der Waals surface area contributed by atoms with Crippen molar-refractivity contribution in [2.24, 2.45) is 0 Å². The van der Waals surface area contributed by atoms with Crippen LogP contribution in [-0.2, 0) is 9.53 Å². The summed E-state index contributed by atoms with van der Waals surface area (Å²) in [6.45, 7) is 5.74. The largest absolute Gasteiger partial charge is 0.462 e. The Labute approximate surface area is 74.7 Å². The molecule has 0 heterocycles. The maximum atomic E-state index is 11.3. The van der Waals surface area contributed by atoms with Crippen LogP contribution in [0.15, 0.2) is 0 Å². The third kappa shape index (κ3) is 3.72. The van der Waals surface area contributed by atoms with Gasteiger partial charge < -0.3 is 4.74 Å². The molecule has 72 valence electrons. The van der Waals surface area contributed by atoms with Gasteiger partial charge in [0.1, 0.15) is 6.04 Å². The van der Waals surface area contributed by atoms with E-state index < -0.39 is 0 Å². The van der Waals surface area contributed by atoms with Crippen molar-refractivity contribution in [2.45, 2.75) is 39.3 Å². The Balaban J connectivity index is 3.87. The molecule has 0 aromatic heterocycles. The van der Waals surface area contributed by atoms with Gasteiger partial charge in [0.15, 0.2) is 0 Å². The number of carbonyl (C=O) groups is 1. The molecule has 0 radical (unpaired) electrons. The summed E-state index contributed by atoms with van der Waals surface area (Å²) >= 11 is 0. The zero-order valence-electron chi connectivity index (χ0n) is 8.63. The van der Waals surface area contributed by atoms with Gasteiger partial charge in [-0.2, -0.15) is 0 Å². The number of hydrogen-bond acceptors (Lipinski definition) is 3. The first-order valence-electron chi connectivity index (χ1n) is 4.36. The van der Waals surface area contributed by atoms with Crippen LogP contribution in [0, 0.1) is 0 Å². The van der Waals surface area contributed by atoms with Gasteiger partial charge in [-0.05, 0) is 34.4 Å². The maximum Gasteiger partial charge on any atom is 0.323 e. The van der Waals surface area contributed by atoms with Gasteiger partial charge >= 0.3 is 5.97 Å². The number of ether oxygens (including phenoxy) is 1. The molecule has 0 saturated heterocycles. The van der Waals surface area contributed by atoms with Gasteiger partial charge in [-0.3, -0.25) is 9.69 Å². The van der Waals surface area contributed by atoms with E-state index in [1.54, 1.807) is 0 Å². The van der Waals surface area contributed by atoms with Gasteiger partial charge in [-0.1, -0.05) is 6.92 Å². The Hall–Kier alpha value is -0.570. The summed E-state index contributed by atoms with van der Waals surface area (Å²) in [5.74, 6) is -0.144. The van der Waals surface area contributed by atoms with Gasteiger partial charge in [0.05, 0.1) is 6.10 Å². The van der Waals surface area contributed by atoms with Crippen LogP contribution in [0.3, 0.4) is 0 Å². The van der Waals surface area contributed by atoms with Gasteiger partial charge in [0.25, 0.3) is 0 Å². The highest BCUT2D eigenvalue weighted by molar-refractivity contribution is 5.75. The SMILES string of the molecule is CCC(C)OC(=O)C(C)N(C)C. The zero-order chi connectivity index (χ0) is 9.72. The van der Waals surface area contributed by atoms with Gasteiger partial charge in [-0.15, -0.1) is 0 Å². The molecule has 3 heteroatoms. The maximum absolute atomic E-state index is 11.3. The lowest BCUT2D eigenvalue weighted by atomic mass is 10.3. The van der Waals surface area contributed by atoms with Crippen LogP contribution in [0.1, 0.15) is 27.2 Å². The quantitative estimate of drug-likeness (QED) is 0.600. The van der Waals surface area contributed by atoms with Gasteiger partial charge in [-0.25, -0.2) is 0 Å². The van der Waals surface area contributed by atoms with E-state index in [1.807, 2.05) is 39.8 Å². The first-order chi connectivity index (χ1) is 5.49. The second-order valence-electron chi connectivity index (χ2n) is 3.30. The van der Waals surface area contributed by atoms with Crippen molar-refractivity contribution < 1.29 is 9.53 Å². The Morgan fingerprint density at radius 2 is 1.92 bits per heavy atom. The first kappa shape index (κ1) is 11.4. The molecule has 0 aromatic rings. The summed E-state index contributed by atoms with van der Waals surface area (Å²) in [6.07, 6.45) is 0.895. The molecule has 0 saturated carbocycles. The molecule has 0 aliphatic heterocycles. The normalized spacial score (nSPS) is 15.8. The lowest BCUT2D eigenvalue weighted by Gasteiger charge is -2.20. The Bertz CT molecular complexity index is 145. The van der Waals surface area contributed by atoms with Crippen molar-refractivity contribution in [3.8, 4) is 0 Å². The Kier molecular flexibility index (Phi) is 4.90. The topological polar surface area (TPSA) is 29.5 Å². The highest BCUT2D eigenvalue weighted by Crippen LogP contribution is 2.01. The zero-order valence-corrected chi connectivity index (χ0v) is 8.63. The predicted molar refractivity (Wildman–Crippen MR) is 49.0 cm³/mol. The number of likely N-dealkylation sites (N-methyl/N-ethyl adjacent to an activating group) is 1. The van der Waals surface area contributed by atoms with Gasteiger partial charge in [0, 0.05) is 0 Å². The standard InChI is InChI=1S/C9H19NO2/c1-6-7(2)12-9(11)8(3)10(4)5/h7-8H,6H2,1-5H3. The lowest BCUT2D eigenvalue weighted by Crippen LogP contribution is -2.35. The molecule has 0 bridgehead atoms. The monoisotopic (exact) mass is 173 g/mol. The smallest absolute Gasteiger partial charge is 0.323 e. The number of rotatable bonds is 4. The number of carbonyl (C=O) groups excluding carboxylic acids is 1. The van der Waals surface area contributed by atoms with Crippen LogP contribution >= 0.6 is 0 Å². The highest BCUT2D eigenvalue weighted by Gasteiger charge is 2.17. The number of hydrogen-bond donors (Lipinski definition) is 0.